The first kappa shape index (κ1) is 17.5. The maximum atomic E-state index is 5.30. The summed E-state index contributed by atoms with van der Waals surface area (Å²) in [5.41, 5.74) is 0. The van der Waals surface area contributed by atoms with E-state index in [0.29, 0.717) is 6.04 Å². The lowest BCUT2D eigenvalue weighted by atomic mass is 10.0. The lowest BCUT2D eigenvalue weighted by Crippen LogP contribution is -2.24. The largest absolute Gasteiger partial charge is 0.317 e. The molecule has 1 unspecified atom stereocenters. The molecule has 0 saturated heterocycles. The van der Waals surface area contributed by atoms with E-state index in [-0.39, 0.29) is 0 Å². The standard InChI is InChI=1S/C17H33N/c1-4-6-8-9-10-11-12-13-14-16-17(18-3)15-7-5-2/h2,17-18H,4,6-16H2,1,3H3. The van der Waals surface area contributed by atoms with Crippen molar-refractivity contribution in [2.24, 2.45) is 0 Å². The highest BCUT2D eigenvalue weighted by Gasteiger charge is 2.04. The summed E-state index contributed by atoms with van der Waals surface area (Å²) in [5.74, 6) is 2.73. The average Bonchev–Trinajstić information content (AvgIpc) is 2.40. The van der Waals surface area contributed by atoms with E-state index in [9.17, 15) is 0 Å². The molecule has 0 aromatic carbocycles. The first-order valence-corrected chi connectivity index (χ1v) is 7.95. The Balaban J connectivity index is 3.20. The summed E-state index contributed by atoms with van der Waals surface area (Å²) in [6.45, 7) is 2.28. The van der Waals surface area contributed by atoms with Gasteiger partial charge in [0.15, 0.2) is 0 Å². The van der Waals surface area contributed by atoms with E-state index in [2.05, 4.69) is 25.2 Å². The van der Waals surface area contributed by atoms with Gasteiger partial charge in [0.2, 0.25) is 0 Å². The van der Waals surface area contributed by atoms with Crippen molar-refractivity contribution in [3.05, 3.63) is 0 Å². The van der Waals surface area contributed by atoms with E-state index in [0.717, 1.165) is 12.8 Å². The van der Waals surface area contributed by atoms with Crippen LogP contribution in [-0.4, -0.2) is 13.1 Å². The monoisotopic (exact) mass is 251 g/mol. The van der Waals surface area contributed by atoms with Crippen LogP contribution in [0.25, 0.3) is 0 Å². The fraction of sp³-hybridized carbons (Fsp3) is 0.882. The van der Waals surface area contributed by atoms with Gasteiger partial charge in [-0.05, 0) is 19.9 Å². The van der Waals surface area contributed by atoms with Crippen LogP contribution in [0.3, 0.4) is 0 Å². The molecule has 106 valence electrons. The Kier molecular flexibility index (Phi) is 14.2. The molecule has 0 aliphatic carbocycles. The van der Waals surface area contributed by atoms with Crippen LogP contribution in [-0.2, 0) is 0 Å². The molecule has 0 aromatic rings. The number of rotatable bonds is 13. The normalized spacial score (nSPS) is 12.3. The summed E-state index contributed by atoms with van der Waals surface area (Å²) >= 11 is 0. The molecule has 0 heterocycles. The van der Waals surface area contributed by atoms with Gasteiger partial charge in [-0.3, -0.25) is 0 Å². The van der Waals surface area contributed by atoms with Crippen LogP contribution in [0, 0.1) is 12.3 Å². The summed E-state index contributed by atoms with van der Waals surface area (Å²) < 4.78 is 0. The van der Waals surface area contributed by atoms with Crippen LogP contribution >= 0.6 is 0 Å². The number of terminal acetylenes is 1. The summed E-state index contributed by atoms with van der Waals surface area (Å²) in [7, 11) is 2.05. The lowest BCUT2D eigenvalue weighted by molar-refractivity contribution is 0.460. The van der Waals surface area contributed by atoms with E-state index >= 15 is 0 Å². The topological polar surface area (TPSA) is 12.0 Å². The Bertz CT molecular complexity index is 192. The molecule has 0 fully saturated rings. The molecule has 0 aromatic heterocycles. The SMILES string of the molecule is C#CCCC(CCCCCCCCCCC)NC. The van der Waals surface area contributed by atoms with Crippen LogP contribution in [0.2, 0.25) is 0 Å². The van der Waals surface area contributed by atoms with Gasteiger partial charge in [-0.25, -0.2) is 0 Å². The number of hydrogen-bond acceptors (Lipinski definition) is 1. The molecule has 0 spiro atoms. The molecule has 0 aliphatic rings. The van der Waals surface area contributed by atoms with Gasteiger partial charge >= 0.3 is 0 Å². The van der Waals surface area contributed by atoms with Crippen LogP contribution in [0.4, 0.5) is 0 Å². The Morgan fingerprint density at radius 3 is 1.94 bits per heavy atom. The summed E-state index contributed by atoms with van der Waals surface area (Å²) in [6.07, 6.45) is 21.3. The maximum absolute atomic E-state index is 5.30. The molecule has 1 heteroatoms. The van der Waals surface area contributed by atoms with Crippen molar-refractivity contribution in [2.75, 3.05) is 7.05 Å². The van der Waals surface area contributed by atoms with Gasteiger partial charge in [0, 0.05) is 12.5 Å². The van der Waals surface area contributed by atoms with E-state index < -0.39 is 0 Å². The molecular weight excluding hydrogens is 218 g/mol. The van der Waals surface area contributed by atoms with Crippen molar-refractivity contribution in [1.29, 1.82) is 0 Å². The van der Waals surface area contributed by atoms with Crippen molar-refractivity contribution in [3.8, 4) is 12.3 Å². The zero-order chi connectivity index (χ0) is 13.5. The van der Waals surface area contributed by atoms with Gasteiger partial charge in [0.25, 0.3) is 0 Å². The third-order valence-corrected chi connectivity index (χ3v) is 3.70. The molecule has 1 atom stereocenters. The van der Waals surface area contributed by atoms with Crippen molar-refractivity contribution < 1.29 is 0 Å². The van der Waals surface area contributed by atoms with Gasteiger partial charge in [-0.15, -0.1) is 12.3 Å². The van der Waals surface area contributed by atoms with E-state index in [1.807, 2.05) is 0 Å². The van der Waals surface area contributed by atoms with Crippen molar-refractivity contribution in [1.82, 2.24) is 5.32 Å². The van der Waals surface area contributed by atoms with Gasteiger partial charge in [0.1, 0.15) is 0 Å². The summed E-state index contributed by atoms with van der Waals surface area (Å²) in [6, 6.07) is 0.630. The van der Waals surface area contributed by atoms with Crippen molar-refractivity contribution in [2.45, 2.75) is 90.0 Å². The highest BCUT2D eigenvalue weighted by Crippen LogP contribution is 2.12. The third kappa shape index (κ3) is 12.0. The Labute approximate surface area is 115 Å². The Morgan fingerprint density at radius 1 is 0.889 bits per heavy atom. The molecule has 0 radical (unpaired) electrons. The van der Waals surface area contributed by atoms with E-state index in [1.54, 1.807) is 0 Å². The molecule has 0 rings (SSSR count). The predicted molar refractivity (Wildman–Crippen MR) is 82.8 cm³/mol. The van der Waals surface area contributed by atoms with Gasteiger partial charge in [-0.1, -0.05) is 64.7 Å². The highest BCUT2D eigenvalue weighted by molar-refractivity contribution is 4.85. The van der Waals surface area contributed by atoms with Crippen molar-refractivity contribution in [3.63, 3.8) is 0 Å². The van der Waals surface area contributed by atoms with Gasteiger partial charge < -0.3 is 5.32 Å². The Morgan fingerprint density at radius 2 is 1.44 bits per heavy atom. The van der Waals surface area contributed by atoms with E-state index in [4.69, 9.17) is 6.42 Å². The minimum Gasteiger partial charge on any atom is -0.317 e. The second-order valence-electron chi connectivity index (χ2n) is 5.35. The first-order chi connectivity index (χ1) is 8.85. The zero-order valence-electron chi connectivity index (χ0n) is 12.6. The second-order valence-corrected chi connectivity index (χ2v) is 5.35. The molecule has 0 aliphatic heterocycles. The highest BCUT2D eigenvalue weighted by atomic mass is 14.9. The van der Waals surface area contributed by atoms with E-state index in [1.165, 1.54) is 64.2 Å². The fourth-order valence-electron chi connectivity index (χ4n) is 2.39. The van der Waals surface area contributed by atoms with Crippen LogP contribution in [0.15, 0.2) is 0 Å². The number of unbranched alkanes of at least 4 members (excludes halogenated alkanes) is 8. The molecular formula is C17H33N. The summed E-state index contributed by atoms with van der Waals surface area (Å²) in [5, 5.41) is 3.37. The summed E-state index contributed by atoms with van der Waals surface area (Å²) in [4.78, 5) is 0. The average molecular weight is 251 g/mol. The molecule has 1 nitrogen and oxygen atoms in total. The van der Waals surface area contributed by atoms with Crippen molar-refractivity contribution >= 4 is 0 Å². The minimum absolute atomic E-state index is 0.630. The predicted octanol–water partition coefficient (Wildman–Crippen LogP) is 4.91. The second kappa shape index (κ2) is 14.6. The van der Waals surface area contributed by atoms with Gasteiger partial charge in [-0.2, -0.15) is 0 Å². The quantitative estimate of drug-likeness (QED) is 0.362. The number of nitrogens with one attached hydrogen (secondary N) is 1. The first-order valence-electron chi connectivity index (χ1n) is 7.95. The van der Waals surface area contributed by atoms with Crippen LogP contribution in [0.5, 0.6) is 0 Å². The molecule has 0 bridgehead atoms. The third-order valence-electron chi connectivity index (χ3n) is 3.70. The lowest BCUT2D eigenvalue weighted by Gasteiger charge is -2.14. The zero-order valence-corrected chi connectivity index (χ0v) is 12.6. The number of hydrogen-bond donors (Lipinski definition) is 1. The maximum Gasteiger partial charge on any atom is 0.0101 e. The molecule has 1 N–H and O–H groups in total. The Hall–Kier alpha value is -0.480. The molecule has 18 heavy (non-hydrogen) atoms. The molecule has 0 amide bonds. The van der Waals surface area contributed by atoms with Gasteiger partial charge in [0.05, 0.1) is 0 Å². The molecule has 0 saturated carbocycles. The van der Waals surface area contributed by atoms with Crippen LogP contribution in [0.1, 0.15) is 84.0 Å². The smallest absolute Gasteiger partial charge is 0.0101 e. The minimum atomic E-state index is 0.630. The van der Waals surface area contributed by atoms with Crippen LogP contribution < -0.4 is 5.32 Å². The fourth-order valence-corrected chi connectivity index (χ4v) is 2.39.